The number of aryl methyl sites for hydroxylation is 1. The molecule has 0 aliphatic heterocycles. The van der Waals surface area contributed by atoms with Gasteiger partial charge in [-0.3, -0.25) is 14.7 Å². The molecule has 9 heteroatoms. The molecule has 0 atom stereocenters. The molecule has 2 heterocycles. The van der Waals surface area contributed by atoms with E-state index in [0.29, 0.717) is 11.6 Å². The van der Waals surface area contributed by atoms with E-state index in [1.54, 1.807) is 19.9 Å². The van der Waals surface area contributed by atoms with Crippen LogP contribution < -0.4 is 10.6 Å². The third kappa shape index (κ3) is 4.13. The van der Waals surface area contributed by atoms with E-state index in [4.69, 9.17) is 0 Å². The summed E-state index contributed by atoms with van der Waals surface area (Å²) in [5.74, 6) is 0.177. The second kappa shape index (κ2) is 6.16. The van der Waals surface area contributed by atoms with E-state index >= 15 is 0 Å². The van der Waals surface area contributed by atoms with Crippen molar-refractivity contribution < 1.29 is 9.59 Å². The van der Waals surface area contributed by atoms with Gasteiger partial charge in [0.1, 0.15) is 6.54 Å². The van der Waals surface area contributed by atoms with Gasteiger partial charge < -0.3 is 10.6 Å². The minimum absolute atomic E-state index is 0.0174. The van der Waals surface area contributed by atoms with Crippen molar-refractivity contribution in [3.8, 4) is 0 Å². The van der Waals surface area contributed by atoms with Crippen LogP contribution in [0.25, 0.3) is 0 Å². The van der Waals surface area contributed by atoms with Crippen LogP contribution in [0.5, 0.6) is 0 Å². The average molecular weight is 291 g/mol. The van der Waals surface area contributed by atoms with Gasteiger partial charge in [-0.1, -0.05) is 19.1 Å². The first-order valence-electron chi connectivity index (χ1n) is 6.47. The number of aromatic nitrogens is 5. The van der Waals surface area contributed by atoms with Crippen molar-refractivity contribution in [1.29, 1.82) is 0 Å². The standard InChI is InChI=1S/C12H17N7O2/c1-7(2)12(21)14-10-5-19(18-17-10)6-11(20)13-9-4-8(3)15-16-9/h4-5,7H,6H2,1-3H3,(H,14,21)(H2,13,15,16,20). The number of nitrogens with zero attached hydrogens (tertiary/aromatic N) is 4. The van der Waals surface area contributed by atoms with Crippen LogP contribution in [-0.4, -0.2) is 37.0 Å². The van der Waals surface area contributed by atoms with Crippen molar-refractivity contribution in [2.45, 2.75) is 27.3 Å². The van der Waals surface area contributed by atoms with Crippen LogP contribution in [0.2, 0.25) is 0 Å². The van der Waals surface area contributed by atoms with Gasteiger partial charge in [0.15, 0.2) is 11.6 Å². The smallest absolute Gasteiger partial charge is 0.247 e. The summed E-state index contributed by atoms with van der Waals surface area (Å²) in [7, 11) is 0. The molecular weight excluding hydrogens is 274 g/mol. The van der Waals surface area contributed by atoms with E-state index in [0.717, 1.165) is 5.69 Å². The Morgan fingerprint density at radius 3 is 2.71 bits per heavy atom. The molecule has 3 N–H and O–H groups in total. The lowest BCUT2D eigenvalue weighted by Crippen LogP contribution is -2.19. The molecule has 0 bridgehead atoms. The van der Waals surface area contributed by atoms with Crippen LogP contribution in [-0.2, 0) is 16.1 Å². The number of anilines is 2. The summed E-state index contributed by atoms with van der Waals surface area (Å²) >= 11 is 0. The average Bonchev–Trinajstić information content (AvgIpc) is 2.99. The highest BCUT2D eigenvalue weighted by atomic mass is 16.2. The lowest BCUT2D eigenvalue weighted by Gasteiger charge is -2.03. The Bertz CT molecular complexity index is 644. The van der Waals surface area contributed by atoms with Crippen molar-refractivity contribution in [1.82, 2.24) is 25.2 Å². The number of amides is 2. The van der Waals surface area contributed by atoms with Gasteiger partial charge in [-0.05, 0) is 6.92 Å². The molecule has 0 fully saturated rings. The van der Waals surface area contributed by atoms with Crippen molar-refractivity contribution in [3.05, 3.63) is 18.0 Å². The summed E-state index contributed by atoms with van der Waals surface area (Å²) in [4.78, 5) is 23.3. The van der Waals surface area contributed by atoms with E-state index < -0.39 is 0 Å². The zero-order chi connectivity index (χ0) is 15.4. The molecule has 2 amide bonds. The molecule has 0 unspecified atom stereocenters. The van der Waals surface area contributed by atoms with Crippen molar-refractivity contribution in [2.75, 3.05) is 10.6 Å². The second-order valence-electron chi connectivity index (χ2n) is 4.93. The number of hydrogen-bond donors (Lipinski definition) is 3. The summed E-state index contributed by atoms with van der Waals surface area (Å²) in [6.07, 6.45) is 1.50. The van der Waals surface area contributed by atoms with Gasteiger partial charge in [-0.15, -0.1) is 5.10 Å². The molecule has 0 radical (unpaired) electrons. The lowest BCUT2D eigenvalue weighted by atomic mass is 10.2. The predicted octanol–water partition coefficient (Wildman–Crippen LogP) is 0.543. The Hall–Kier alpha value is -2.71. The zero-order valence-electron chi connectivity index (χ0n) is 12.0. The van der Waals surface area contributed by atoms with E-state index in [9.17, 15) is 9.59 Å². The van der Waals surface area contributed by atoms with Crippen molar-refractivity contribution in [2.24, 2.45) is 5.92 Å². The maximum atomic E-state index is 11.8. The molecule has 2 aromatic heterocycles. The Labute approximate surface area is 121 Å². The molecule has 0 spiro atoms. The van der Waals surface area contributed by atoms with Gasteiger partial charge in [-0.25, -0.2) is 4.68 Å². The molecule has 0 saturated heterocycles. The Morgan fingerprint density at radius 2 is 2.10 bits per heavy atom. The first-order valence-corrected chi connectivity index (χ1v) is 6.47. The number of hydrogen-bond acceptors (Lipinski definition) is 5. The number of carbonyl (C=O) groups is 2. The number of carbonyl (C=O) groups excluding carboxylic acids is 2. The Morgan fingerprint density at radius 1 is 1.33 bits per heavy atom. The topological polar surface area (TPSA) is 118 Å². The van der Waals surface area contributed by atoms with Gasteiger partial charge in [-0.2, -0.15) is 5.10 Å². The van der Waals surface area contributed by atoms with Crippen molar-refractivity contribution in [3.63, 3.8) is 0 Å². The summed E-state index contributed by atoms with van der Waals surface area (Å²) < 4.78 is 1.34. The maximum Gasteiger partial charge on any atom is 0.247 e. The van der Waals surface area contributed by atoms with Crippen LogP contribution in [0.15, 0.2) is 12.3 Å². The number of aromatic amines is 1. The van der Waals surface area contributed by atoms with Gasteiger partial charge in [0.2, 0.25) is 11.8 Å². The van der Waals surface area contributed by atoms with Crippen LogP contribution in [0.4, 0.5) is 11.6 Å². The van der Waals surface area contributed by atoms with E-state index in [2.05, 4.69) is 31.1 Å². The number of rotatable bonds is 5. The molecule has 9 nitrogen and oxygen atoms in total. The van der Waals surface area contributed by atoms with Crippen molar-refractivity contribution >= 4 is 23.5 Å². The summed E-state index contributed by atoms with van der Waals surface area (Å²) in [5, 5.41) is 19.4. The molecule has 112 valence electrons. The fraction of sp³-hybridized carbons (Fsp3) is 0.417. The first kappa shape index (κ1) is 14.7. The highest BCUT2D eigenvalue weighted by Crippen LogP contribution is 2.05. The highest BCUT2D eigenvalue weighted by Gasteiger charge is 2.11. The lowest BCUT2D eigenvalue weighted by molar-refractivity contribution is -0.119. The highest BCUT2D eigenvalue weighted by molar-refractivity contribution is 5.91. The number of H-pyrrole nitrogens is 1. The first-order chi connectivity index (χ1) is 9.94. The van der Waals surface area contributed by atoms with Gasteiger partial charge in [0.25, 0.3) is 0 Å². The largest absolute Gasteiger partial charge is 0.308 e. The molecule has 0 aliphatic carbocycles. The minimum atomic E-state index is -0.284. The fourth-order valence-electron chi connectivity index (χ4n) is 1.52. The summed E-state index contributed by atoms with van der Waals surface area (Å²) in [6, 6.07) is 1.72. The molecule has 2 rings (SSSR count). The van der Waals surface area contributed by atoms with Crippen LogP contribution >= 0.6 is 0 Å². The van der Waals surface area contributed by atoms with E-state index in [1.165, 1.54) is 10.9 Å². The number of nitrogens with one attached hydrogen (secondary N) is 3. The summed E-state index contributed by atoms with van der Waals surface area (Å²) in [5.41, 5.74) is 0.852. The Kier molecular flexibility index (Phi) is 4.31. The molecule has 21 heavy (non-hydrogen) atoms. The molecular formula is C12H17N7O2. The third-order valence-corrected chi connectivity index (χ3v) is 2.59. The fourth-order valence-corrected chi connectivity index (χ4v) is 1.52. The zero-order valence-corrected chi connectivity index (χ0v) is 12.0. The molecule has 0 saturated carbocycles. The molecule has 2 aromatic rings. The normalized spacial score (nSPS) is 10.7. The molecule has 0 aliphatic rings. The predicted molar refractivity (Wildman–Crippen MR) is 75.4 cm³/mol. The van der Waals surface area contributed by atoms with E-state index in [1.807, 2.05) is 6.92 Å². The summed E-state index contributed by atoms with van der Waals surface area (Å²) in [6.45, 7) is 5.37. The van der Waals surface area contributed by atoms with Gasteiger partial charge in [0.05, 0.1) is 6.20 Å². The van der Waals surface area contributed by atoms with Crippen LogP contribution in [0, 0.1) is 12.8 Å². The van der Waals surface area contributed by atoms with Gasteiger partial charge >= 0.3 is 0 Å². The second-order valence-corrected chi connectivity index (χ2v) is 4.93. The minimum Gasteiger partial charge on any atom is -0.308 e. The maximum absolute atomic E-state index is 11.8. The van der Waals surface area contributed by atoms with E-state index in [-0.39, 0.29) is 24.3 Å². The van der Waals surface area contributed by atoms with Crippen LogP contribution in [0.1, 0.15) is 19.5 Å². The van der Waals surface area contributed by atoms with Gasteiger partial charge in [0, 0.05) is 17.7 Å². The Balaban J connectivity index is 1.90. The SMILES string of the molecule is Cc1cc(NC(=O)Cn2cc(NC(=O)C(C)C)nn2)n[nH]1. The quantitative estimate of drug-likeness (QED) is 0.743. The third-order valence-electron chi connectivity index (χ3n) is 2.59. The van der Waals surface area contributed by atoms with Crippen LogP contribution in [0.3, 0.4) is 0 Å². The molecule has 0 aromatic carbocycles. The monoisotopic (exact) mass is 291 g/mol.